The van der Waals surface area contributed by atoms with Crippen LogP contribution in [0.4, 0.5) is 0 Å². The van der Waals surface area contributed by atoms with Crippen LogP contribution in [-0.2, 0) is 4.79 Å². The van der Waals surface area contributed by atoms with E-state index in [0.717, 1.165) is 0 Å². The molecule has 7 nitrogen and oxygen atoms in total. The lowest BCUT2D eigenvalue weighted by Gasteiger charge is -2.33. The number of hydrogen-bond donors (Lipinski definition) is 2. The van der Waals surface area contributed by atoms with Gasteiger partial charge in [0.25, 0.3) is 5.91 Å². The van der Waals surface area contributed by atoms with Crippen LogP contribution in [0.25, 0.3) is 0 Å². The fourth-order valence-electron chi connectivity index (χ4n) is 2.90. The van der Waals surface area contributed by atoms with Crippen molar-refractivity contribution in [1.29, 1.82) is 0 Å². The summed E-state index contributed by atoms with van der Waals surface area (Å²) in [5.41, 5.74) is -1.14. The van der Waals surface area contributed by atoms with Crippen molar-refractivity contribution in [2.75, 3.05) is 27.3 Å². The second-order valence-electron chi connectivity index (χ2n) is 5.46. The fourth-order valence-corrected chi connectivity index (χ4v) is 3.39. The highest BCUT2D eigenvalue weighted by Gasteiger charge is 2.43. The maximum atomic E-state index is 12.6. The van der Waals surface area contributed by atoms with E-state index >= 15 is 0 Å². The molecule has 1 unspecified atom stereocenters. The summed E-state index contributed by atoms with van der Waals surface area (Å²) in [4.78, 5) is 25.8. The largest absolute Gasteiger partial charge is 0.496 e. The van der Waals surface area contributed by atoms with Crippen LogP contribution >= 0.6 is 15.9 Å². The zero-order valence-corrected chi connectivity index (χ0v) is 15.5. The van der Waals surface area contributed by atoms with E-state index in [0.29, 0.717) is 22.5 Å². The number of nitrogens with one attached hydrogen (secondary N) is 1. The molecule has 1 fully saturated rings. The van der Waals surface area contributed by atoms with Gasteiger partial charge in [0.2, 0.25) is 5.91 Å². The van der Waals surface area contributed by atoms with Gasteiger partial charge in [0, 0.05) is 19.4 Å². The van der Waals surface area contributed by atoms with Gasteiger partial charge in [0.1, 0.15) is 17.1 Å². The third-order valence-electron chi connectivity index (χ3n) is 4.11. The third kappa shape index (κ3) is 3.34. The zero-order valence-electron chi connectivity index (χ0n) is 13.9. The van der Waals surface area contributed by atoms with Crippen molar-refractivity contribution in [3.8, 4) is 11.5 Å². The summed E-state index contributed by atoms with van der Waals surface area (Å²) >= 11 is 3.33. The van der Waals surface area contributed by atoms with Crippen molar-refractivity contribution in [2.45, 2.75) is 25.5 Å². The SMILES string of the molecule is CCN1C(=O)CCC1(O)CNC(=O)c1c(OC)ccc(Br)c1OC. The molecule has 0 aliphatic carbocycles. The average molecular weight is 401 g/mol. The Balaban J connectivity index is 2.22. The predicted octanol–water partition coefficient (Wildman–Crippen LogP) is 1.53. The molecule has 1 aliphatic rings. The number of carbonyl (C=O) groups is 2. The van der Waals surface area contributed by atoms with Gasteiger partial charge < -0.3 is 24.8 Å². The van der Waals surface area contributed by atoms with Crippen LogP contribution < -0.4 is 14.8 Å². The quantitative estimate of drug-likeness (QED) is 0.755. The van der Waals surface area contributed by atoms with Crippen LogP contribution in [0.1, 0.15) is 30.1 Å². The molecule has 1 aliphatic heterocycles. The second kappa shape index (κ2) is 7.40. The molecule has 1 heterocycles. The Morgan fingerprint density at radius 3 is 2.71 bits per heavy atom. The van der Waals surface area contributed by atoms with Crippen LogP contribution in [-0.4, -0.2) is 54.9 Å². The van der Waals surface area contributed by atoms with Crippen molar-refractivity contribution in [2.24, 2.45) is 0 Å². The molecule has 24 heavy (non-hydrogen) atoms. The first-order chi connectivity index (χ1) is 11.4. The molecule has 2 amide bonds. The van der Waals surface area contributed by atoms with Gasteiger partial charge in [-0.15, -0.1) is 0 Å². The molecule has 0 aromatic heterocycles. The molecule has 0 saturated carbocycles. The summed E-state index contributed by atoms with van der Waals surface area (Å²) in [5, 5.41) is 13.3. The van der Waals surface area contributed by atoms with Crippen molar-refractivity contribution in [1.82, 2.24) is 10.2 Å². The standard InChI is InChI=1S/C16H21BrN2O5/c1-4-19-12(20)7-8-16(19,22)9-18-15(21)13-11(23-2)6-5-10(17)14(13)24-3/h5-6,22H,4,7-9H2,1-3H3,(H,18,21). The highest BCUT2D eigenvalue weighted by Crippen LogP contribution is 2.35. The molecule has 2 N–H and O–H groups in total. The van der Waals surface area contributed by atoms with Crippen LogP contribution in [0.2, 0.25) is 0 Å². The topological polar surface area (TPSA) is 88.1 Å². The summed E-state index contributed by atoms with van der Waals surface area (Å²) in [5.74, 6) is 0.128. The molecular formula is C16H21BrN2O5. The molecule has 0 bridgehead atoms. The van der Waals surface area contributed by atoms with Crippen LogP contribution in [0.5, 0.6) is 11.5 Å². The Bertz CT molecular complexity index is 652. The van der Waals surface area contributed by atoms with E-state index < -0.39 is 11.6 Å². The molecular weight excluding hydrogens is 380 g/mol. The van der Waals surface area contributed by atoms with Gasteiger partial charge >= 0.3 is 0 Å². The molecule has 2 rings (SSSR count). The van der Waals surface area contributed by atoms with Crippen LogP contribution in [0, 0.1) is 0 Å². The minimum Gasteiger partial charge on any atom is -0.496 e. The van der Waals surface area contributed by atoms with E-state index in [-0.39, 0.29) is 30.9 Å². The van der Waals surface area contributed by atoms with Crippen molar-refractivity contribution in [3.05, 3.63) is 22.2 Å². The van der Waals surface area contributed by atoms with E-state index in [1.54, 1.807) is 19.1 Å². The Morgan fingerprint density at radius 2 is 2.12 bits per heavy atom. The Kier molecular flexibility index (Phi) is 5.71. The number of carbonyl (C=O) groups excluding carboxylic acids is 2. The third-order valence-corrected chi connectivity index (χ3v) is 4.74. The van der Waals surface area contributed by atoms with Crippen LogP contribution in [0.15, 0.2) is 16.6 Å². The number of ether oxygens (including phenoxy) is 2. The summed E-state index contributed by atoms with van der Waals surface area (Å²) in [6, 6.07) is 3.37. The Labute approximate surface area is 149 Å². The minimum absolute atomic E-state index is 0.0652. The predicted molar refractivity (Wildman–Crippen MR) is 91.2 cm³/mol. The number of hydrogen-bond acceptors (Lipinski definition) is 5. The Morgan fingerprint density at radius 1 is 1.42 bits per heavy atom. The molecule has 8 heteroatoms. The number of rotatable bonds is 6. The van der Waals surface area contributed by atoms with Gasteiger partial charge in [-0.3, -0.25) is 9.59 Å². The van der Waals surface area contributed by atoms with Gasteiger partial charge in [0.05, 0.1) is 25.2 Å². The second-order valence-corrected chi connectivity index (χ2v) is 6.32. The molecule has 1 saturated heterocycles. The van der Waals surface area contributed by atoms with E-state index in [2.05, 4.69) is 21.2 Å². The molecule has 1 atom stereocenters. The number of amides is 2. The van der Waals surface area contributed by atoms with Gasteiger partial charge in [-0.1, -0.05) is 0 Å². The number of likely N-dealkylation sites (N-methyl/N-ethyl adjacent to an activating group) is 1. The fraction of sp³-hybridized carbons (Fsp3) is 0.500. The lowest BCUT2D eigenvalue weighted by molar-refractivity contribution is -0.143. The first-order valence-electron chi connectivity index (χ1n) is 7.59. The molecule has 0 spiro atoms. The van der Waals surface area contributed by atoms with E-state index in [4.69, 9.17) is 9.47 Å². The maximum absolute atomic E-state index is 12.6. The normalized spacial score (nSPS) is 20.2. The number of methoxy groups -OCH3 is 2. The lowest BCUT2D eigenvalue weighted by atomic mass is 10.1. The van der Waals surface area contributed by atoms with Crippen molar-refractivity contribution in [3.63, 3.8) is 0 Å². The average Bonchev–Trinajstić information content (AvgIpc) is 2.87. The summed E-state index contributed by atoms with van der Waals surface area (Å²) in [6.07, 6.45) is 0.552. The maximum Gasteiger partial charge on any atom is 0.259 e. The highest BCUT2D eigenvalue weighted by molar-refractivity contribution is 9.10. The van der Waals surface area contributed by atoms with Gasteiger partial charge in [-0.05, 0) is 35.0 Å². The minimum atomic E-state index is -1.37. The molecule has 132 valence electrons. The number of benzene rings is 1. The smallest absolute Gasteiger partial charge is 0.259 e. The van der Waals surface area contributed by atoms with E-state index in [1.165, 1.54) is 19.1 Å². The number of nitrogens with zero attached hydrogens (tertiary/aromatic N) is 1. The summed E-state index contributed by atoms with van der Waals surface area (Å²) in [7, 11) is 2.92. The molecule has 1 aromatic rings. The lowest BCUT2D eigenvalue weighted by Crippen LogP contribution is -2.53. The van der Waals surface area contributed by atoms with Gasteiger partial charge in [0.15, 0.2) is 5.72 Å². The highest BCUT2D eigenvalue weighted by atomic mass is 79.9. The number of aliphatic hydroxyl groups is 1. The first-order valence-corrected chi connectivity index (χ1v) is 8.38. The zero-order chi connectivity index (χ0) is 17.9. The molecule has 1 aromatic carbocycles. The monoisotopic (exact) mass is 400 g/mol. The number of likely N-dealkylation sites (tertiary alicyclic amines) is 1. The van der Waals surface area contributed by atoms with Crippen molar-refractivity contribution >= 4 is 27.7 Å². The van der Waals surface area contributed by atoms with Gasteiger partial charge in [-0.2, -0.15) is 0 Å². The van der Waals surface area contributed by atoms with Crippen LogP contribution in [0.3, 0.4) is 0 Å². The first kappa shape index (κ1) is 18.5. The van der Waals surface area contributed by atoms with Gasteiger partial charge in [-0.25, -0.2) is 0 Å². The summed E-state index contributed by atoms with van der Waals surface area (Å²) < 4.78 is 11.1. The van der Waals surface area contributed by atoms with E-state index in [9.17, 15) is 14.7 Å². The van der Waals surface area contributed by atoms with E-state index in [1.807, 2.05) is 0 Å². The Hall–Kier alpha value is -1.80. The summed E-state index contributed by atoms with van der Waals surface area (Å²) in [6.45, 7) is 2.11. The number of halogens is 1. The van der Waals surface area contributed by atoms with Crippen molar-refractivity contribution < 1.29 is 24.2 Å². The molecule has 0 radical (unpaired) electrons.